The molecule has 0 aliphatic heterocycles. The van der Waals surface area contributed by atoms with Crippen molar-refractivity contribution >= 4 is 17.5 Å². The van der Waals surface area contributed by atoms with Crippen molar-refractivity contribution in [2.45, 2.75) is 12.8 Å². The molecule has 0 aliphatic rings. The first-order chi connectivity index (χ1) is 13.1. The summed E-state index contributed by atoms with van der Waals surface area (Å²) < 4.78 is 16.7. The molecule has 0 heterocycles. The predicted molar refractivity (Wildman–Crippen MR) is 102 cm³/mol. The number of halogens is 1. The summed E-state index contributed by atoms with van der Waals surface area (Å²) in [6.45, 7) is 1.14. The molecule has 0 aliphatic carbocycles. The molecule has 1 amide bonds. The number of nitriles is 1. The number of nitrogens with zero attached hydrogens (tertiary/aromatic N) is 1. The van der Waals surface area contributed by atoms with E-state index in [1.807, 2.05) is 18.2 Å². The number of rotatable bonds is 10. The van der Waals surface area contributed by atoms with Gasteiger partial charge >= 0.3 is 0 Å². The number of methoxy groups -OCH3 is 1. The van der Waals surface area contributed by atoms with Crippen LogP contribution in [0.3, 0.4) is 0 Å². The van der Waals surface area contributed by atoms with Gasteiger partial charge in [-0.25, -0.2) is 0 Å². The van der Waals surface area contributed by atoms with E-state index in [0.717, 1.165) is 5.56 Å². The summed E-state index contributed by atoms with van der Waals surface area (Å²) >= 11 is 5.84. The van der Waals surface area contributed by atoms with Gasteiger partial charge in [0.2, 0.25) is 5.91 Å². The Labute approximate surface area is 163 Å². The molecule has 6 nitrogen and oxygen atoms in total. The van der Waals surface area contributed by atoms with E-state index < -0.39 is 0 Å². The van der Waals surface area contributed by atoms with Crippen LogP contribution in [-0.2, 0) is 11.2 Å². The third kappa shape index (κ3) is 7.08. The first kappa shape index (κ1) is 20.4. The van der Waals surface area contributed by atoms with Gasteiger partial charge in [-0.05, 0) is 42.3 Å². The summed E-state index contributed by atoms with van der Waals surface area (Å²) in [5.74, 6) is 1.78. The Morgan fingerprint density at radius 2 is 1.81 bits per heavy atom. The van der Waals surface area contributed by atoms with E-state index in [-0.39, 0.29) is 12.3 Å². The number of benzene rings is 2. The first-order valence-electron chi connectivity index (χ1n) is 8.44. The van der Waals surface area contributed by atoms with Crippen molar-refractivity contribution in [3.8, 4) is 23.3 Å². The molecule has 142 valence electrons. The van der Waals surface area contributed by atoms with Crippen LogP contribution in [0.25, 0.3) is 0 Å². The molecule has 0 unspecified atom stereocenters. The molecule has 0 fully saturated rings. The van der Waals surface area contributed by atoms with Crippen LogP contribution in [0.15, 0.2) is 42.5 Å². The van der Waals surface area contributed by atoms with E-state index >= 15 is 0 Å². The molecule has 0 bridgehead atoms. The van der Waals surface area contributed by atoms with E-state index in [1.165, 1.54) is 0 Å². The zero-order valence-corrected chi connectivity index (χ0v) is 15.8. The van der Waals surface area contributed by atoms with E-state index in [9.17, 15) is 4.79 Å². The van der Waals surface area contributed by atoms with Crippen molar-refractivity contribution in [1.29, 1.82) is 5.26 Å². The van der Waals surface area contributed by atoms with Crippen molar-refractivity contribution in [2.24, 2.45) is 0 Å². The van der Waals surface area contributed by atoms with Gasteiger partial charge in [-0.3, -0.25) is 4.79 Å². The highest BCUT2D eigenvalue weighted by Gasteiger charge is 2.08. The predicted octanol–water partition coefficient (Wildman–Crippen LogP) is 3.38. The standard InChI is InChI=1S/C20H21ClN2O4/c1-25-18-5-2-15(9-11-23-20(24)8-10-22)19(14-18)27-13-12-26-17-6-3-16(21)4-7-17/h2-7,14H,8-9,11-13H2,1H3,(H,23,24). The molecule has 27 heavy (non-hydrogen) atoms. The Kier molecular flexibility index (Phi) is 8.27. The lowest BCUT2D eigenvalue weighted by atomic mass is 10.1. The highest BCUT2D eigenvalue weighted by molar-refractivity contribution is 6.30. The second-order valence-corrected chi connectivity index (χ2v) is 6.00. The molecule has 1 N–H and O–H groups in total. The molecule has 0 atom stereocenters. The topological polar surface area (TPSA) is 80.6 Å². The maximum absolute atomic E-state index is 11.4. The maximum Gasteiger partial charge on any atom is 0.234 e. The zero-order valence-electron chi connectivity index (χ0n) is 15.0. The van der Waals surface area contributed by atoms with Crippen LogP contribution in [0, 0.1) is 11.3 Å². The van der Waals surface area contributed by atoms with E-state index in [0.29, 0.717) is 48.5 Å². The minimum absolute atomic E-state index is 0.145. The normalized spacial score (nSPS) is 9.96. The van der Waals surface area contributed by atoms with Crippen LogP contribution in [0.2, 0.25) is 5.02 Å². The van der Waals surface area contributed by atoms with Gasteiger partial charge in [0.15, 0.2) is 0 Å². The van der Waals surface area contributed by atoms with Crippen LogP contribution in [-0.4, -0.2) is 32.8 Å². The number of nitrogens with one attached hydrogen (secondary N) is 1. The molecule has 2 rings (SSSR count). The van der Waals surface area contributed by atoms with Gasteiger partial charge in [-0.15, -0.1) is 0 Å². The van der Waals surface area contributed by atoms with Crippen molar-refractivity contribution in [3.05, 3.63) is 53.1 Å². The number of carbonyl (C=O) groups is 1. The van der Waals surface area contributed by atoms with Crippen molar-refractivity contribution in [3.63, 3.8) is 0 Å². The van der Waals surface area contributed by atoms with Crippen LogP contribution >= 0.6 is 11.6 Å². The fourth-order valence-electron chi connectivity index (χ4n) is 2.32. The maximum atomic E-state index is 11.4. The van der Waals surface area contributed by atoms with Gasteiger partial charge in [0, 0.05) is 17.6 Å². The summed E-state index contributed by atoms with van der Waals surface area (Å²) in [6.07, 6.45) is 0.433. The molecular formula is C20H21ClN2O4. The zero-order chi connectivity index (χ0) is 19.5. The molecule has 0 aromatic heterocycles. The van der Waals surface area contributed by atoms with Crippen molar-refractivity contribution in [1.82, 2.24) is 5.32 Å². The van der Waals surface area contributed by atoms with Crippen molar-refractivity contribution < 1.29 is 19.0 Å². The second-order valence-electron chi connectivity index (χ2n) is 5.56. The Bertz CT molecular complexity index is 788. The van der Waals surface area contributed by atoms with Gasteiger partial charge in [0.25, 0.3) is 0 Å². The average Bonchev–Trinajstić information content (AvgIpc) is 2.67. The van der Waals surface area contributed by atoms with E-state index in [2.05, 4.69) is 5.32 Å². The lowest BCUT2D eigenvalue weighted by Gasteiger charge is -2.14. The fraction of sp³-hybridized carbons (Fsp3) is 0.300. The fourth-order valence-corrected chi connectivity index (χ4v) is 2.44. The third-order valence-corrected chi connectivity index (χ3v) is 3.91. The van der Waals surface area contributed by atoms with Crippen LogP contribution in [0.1, 0.15) is 12.0 Å². The SMILES string of the molecule is COc1ccc(CCNC(=O)CC#N)c(OCCOc2ccc(Cl)cc2)c1. The lowest BCUT2D eigenvalue weighted by Crippen LogP contribution is -2.25. The van der Waals surface area contributed by atoms with Crippen LogP contribution in [0.4, 0.5) is 0 Å². The Morgan fingerprint density at radius 3 is 2.52 bits per heavy atom. The summed E-state index contributed by atoms with van der Waals surface area (Å²) in [7, 11) is 1.59. The summed E-state index contributed by atoms with van der Waals surface area (Å²) in [5, 5.41) is 11.9. The highest BCUT2D eigenvalue weighted by atomic mass is 35.5. The van der Waals surface area contributed by atoms with Gasteiger partial charge in [0.1, 0.15) is 36.9 Å². The summed E-state index contributed by atoms with van der Waals surface area (Å²) in [6, 6.07) is 14.5. The Morgan fingerprint density at radius 1 is 1.11 bits per heavy atom. The van der Waals surface area contributed by atoms with Gasteiger partial charge in [0.05, 0.1) is 13.2 Å². The number of hydrogen-bond acceptors (Lipinski definition) is 5. The van der Waals surface area contributed by atoms with Gasteiger partial charge < -0.3 is 19.5 Å². The Hall–Kier alpha value is -2.91. The molecule has 2 aromatic carbocycles. The monoisotopic (exact) mass is 388 g/mol. The third-order valence-electron chi connectivity index (χ3n) is 3.65. The summed E-state index contributed by atoms with van der Waals surface area (Å²) in [5.41, 5.74) is 0.930. The number of ether oxygens (including phenoxy) is 3. The number of amides is 1. The summed E-state index contributed by atoms with van der Waals surface area (Å²) in [4.78, 5) is 11.4. The number of hydrogen-bond donors (Lipinski definition) is 1. The highest BCUT2D eigenvalue weighted by Crippen LogP contribution is 2.25. The minimum atomic E-state index is -0.287. The second kappa shape index (κ2) is 10.9. The minimum Gasteiger partial charge on any atom is -0.497 e. The number of carbonyl (C=O) groups excluding carboxylic acids is 1. The smallest absolute Gasteiger partial charge is 0.234 e. The first-order valence-corrected chi connectivity index (χ1v) is 8.82. The van der Waals surface area contributed by atoms with E-state index in [4.69, 9.17) is 31.1 Å². The molecular weight excluding hydrogens is 368 g/mol. The quantitative estimate of drug-likeness (QED) is 0.631. The van der Waals surface area contributed by atoms with E-state index in [1.54, 1.807) is 37.4 Å². The van der Waals surface area contributed by atoms with Gasteiger partial charge in [-0.1, -0.05) is 17.7 Å². The molecule has 0 saturated heterocycles. The van der Waals surface area contributed by atoms with Crippen LogP contribution < -0.4 is 19.5 Å². The van der Waals surface area contributed by atoms with Crippen molar-refractivity contribution in [2.75, 3.05) is 26.9 Å². The molecule has 2 aromatic rings. The molecule has 0 spiro atoms. The molecule has 0 saturated carbocycles. The van der Waals surface area contributed by atoms with Gasteiger partial charge in [-0.2, -0.15) is 5.26 Å². The van der Waals surface area contributed by atoms with Crippen LogP contribution in [0.5, 0.6) is 17.2 Å². The molecule has 7 heteroatoms. The molecule has 0 radical (unpaired) electrons. The lowest BCUT2D eigenvalue weighted by molar-refractivity contribution is -0.120. The Balaban J connectivity index is 1.88. The largest absolute Gasteiger partial charge is 0.497 e. The average molecular weight is 389 g/mol.